The molecule has 0 bridgehead atoms. The summed E-state index contributed by atoms with van der Waals surface area (Å²) in [6.07, 6.45) is -1.38. The van der Waals surface area contributed by atoms with Gasteiger partial charge in [0, 0.05) is 11.5 Å². The standard InChI is InChI=1S/C15H19F3O2/c1-3-5-7-11(4-2)14(19)12-8-6-9-13(10-12)20-15(16,17)18/h6,8-11H,3-5,7H2,1-2H3. The Bertz CT molecular complexity index is 441. The number of ether oxygens (including phenoxy) is 1. The van der Waals surface area contributed by atoms with Crippen LogP contribution in [-0.2, 0) is 0 Å². The number of ketones is 1. The molecule has 112 valence electrons. The first-order valence-electron chi connectivity index (χ1n) is 6.77. The van der Waals surface area contributed by atoms with Gasteiger partial charge in [0.1, 0.15) is 5.75 Å². The van der Waals surface area contributed by atoms with Crippen LogP contribution in [0.1, 0.15) is 49.9 Å². The Hall–Kier alpha value is -1.52. The van der Waals surface area contributed by atoms with Crippen LogP contribution < -0.4 is 4.74 Å². The van der Waals surface area contributed by atoms with Crippen molar-refractivity contribution in [3.05, 3.63) is 29.8 Å². The van der Waals surface area contributed by atoms with Crippen LogP contribution in [0.25, 0.3) is 0 Å². The van der Waals surface area contributed by atoms with E-state index in [0.717, 1.165) is 25.3 Å². The Kier molecular flexibility index (Phi) is 6.05. The zero-order valence-corrected chi connectivity index (χ0v) is 11.7. The lowest BCUT2D eigenvalue weighted by molar-refractivity contribution is -0.274. The summed E-state index contributed by atoms with van der Waals surface area (Å²) >= 11 is 0. The number of rotatable bonds is 7. The van der Waals surface area contributed by atoms with Crippen molar-refractivity contribution in [1.82, 2.24) is 0 Å². The van der Waals surface area contributed by atoms with Crippen molar-refractivity contribution in [2.45, 2.75) is 45.9 Å². The molecule has 0 spiro atoms. The molecule has 0 aromatic heterocycles. The van der Waals surface area contributed by atoms with Gasteiger partial charge in [0.05, 0.1) is 0 Å². The number of benzene rings is 1. The van der Waals surface area contributed by atoms with Crippen LogP contribution in [0.3, 0.4) is 0 Å². The molecule has 0 N–H and O–H groups in total. The van der Waals surface area contributed by atoms with E-state index in [1.807, 2.05) is 13.8 Å². The molecule has 20 heavy (non-hydrogen) atoms. The lowest BCUT2D eigenvalue weighted by atomic mass is 9.90. The first kappa shape index (κ1) is 16.5. The maximum Gasteiger partial charge on any atom is 0.573 e. The first-order valence-corrected chi connectivity index (χ1v) is 6.77. The van der Waals surface area contributed by atoms with Crippen LogP contribution >= 0.6 is 0 Å². The summed E-state index contributed by atoms with van der Waals surface area (Å²) in [7, 11) is 0. The van der Waals surface area contributed by atoms with Gasteiger partial charge in [-0.25, -0.2) is 0 Å². The minimum absolute atomic E-state index is 0.117. The Morgan fingerprint density at radius 1 is 1.30 bits per heavy atom. The lowest BCUT2D eigenvalue weighted by Crippen LogP contribution is -2.18. The van der Waals surface area contributed by atoms with Gasteiger partial charge in [-0.05, 0) is 25.0 Å². The van der Waals surface area contributed by atoms with Gasteiger partial charge in [-0.1, -0.05) is 38.8 Å². The van der Waals surface area contributed by atoms with E-state index in [2.05, 4.69) is 4.74 Å². The average molecular weight is 288 g/mol. The largest absolute Gasteiger partial charge is 0.573 e. The maximum atomic E-state index is 12.3. The van der Waals surface area contributed by atoms with E-state index in [1.54, 1.807) is 0 Å². The zero-order valence-electron chi connectivity index (χ0n) is 11.7. The lowest BCUT2D eigenvalue weighted by Gasteiger charge is -2.14. The number of unbranched alkanes of at least 4 members (excludes halogenated alkanes) is 1. The Balaban J connectivity index is 2.84. The molecule has 0 radical (unpaired) electrons. The van der Waals surface area contributed by atoms with Crippen molar-refractivity contribution in [1.29, 1.82) is 0 Å². The van der Waals surface area contributed by atoms with Gasteiger partial charge in [0.15, 0.2) is 5.78 Å². The smallest absolute Gasteiger partial charge is 0.406 e. The van der Waals surface area contributed by atoms with Gasteiger partial charge in [-0.15, -0.1) is 13.2 Å². The van der Waals surface area contributed by atoms with E-state index in [9.17, 15) is 18.0 Å². The summed E-state index contributed by atoms with van der Waals surface area (Å²) in [5.74, 6) is -0.613. The van der Waals surface area contributed by atoms with Gasteiger partial charge < -0.3 is 4.74 Å². The van der Waals surface area contributed by atoms with Gasteiger partial charge in [0.25, 0.3) is 0 Å². The van der Waals surface area contributed by atoms with Crippen molar-refractivity contribution < 1.29 is 22.7 Å². The second-order valence-corrected chi connectivity index (χ2v) is 4.69. The molecule has 5 heteroatoms. The number of alkyl halides is 3. The molecule has 0 aliphatic heterocycles. The summed E-state index contributed by atoms with van der Waals surface area (Å²) in [5.41, 5.74) is 0.273. The Morgan fingerprint density at radius 3 is 2.55 bits per heavy atom. The molecular weight excluding hydrogens is 269 g/mol. The molecule has 0 saturated carbocycles. The summed E-state index contributed by atoms with van der Waals surface area (Å²) in [6.45, 7) is 3.95. The number of hydrogen-bond acceptors (Lipinski definition) is 2. The molecule has 0 amide bonds. The summed E-state index contributed by atoms with van der Waals surface area (Å²) in [4.78, 5) is 12.3. The third-order valence-electron chi connectivity index (χ3n) is 3.12. The highest BCUT2D eigenvalue weighted by atomic mass is 19.4. The van der Waals surface area contributed by atoms with E-state index in [-0.39, 0.29) is 23.0 Å². The normalized spacial score (nSPS) is 13.1. The summed E-state index contributed by atoms with van der Waals surface area (Å²) in [6, 6.07) is 5.28. The van der Waals surface area contributed by atoms with Crippen molar-refractivity contribution in [3.63, 3.8) is 0 Å². The molecule has 0 aliphatic rings. The molecule has 1 unspecified atom stereocenters. The fraction of sp³-hybridized carbons (Fsp3) is 0.533. The summed E-state index contributed by atoms with van der Waals surface area (Å²) < 4.78 is 40.3. The topological polar surface area (TPSA) is 26.3 Å². The monoisotopic (exact) mass is 288 g/mol. The second-order valence-electron chi connectivity index (χ2n) is 4.69. The van der Waals surface area contributed by atoms with Crippen molar-refractivity contribution >= 4 is 5.78 Å². The van der Waals surface area contributed by atoms with E-state index in [1.165, 1.54) is 18.2 Å². The van der Waals surface area contributed by atoms with Gasteiger partial charge in [-0.2, -0.15) is 0 Å². The third kappa shape index (κ3) is 5.23. The highest BCUT2D eigenvalue weighted by molar-refractivity contribution is 5.98. The highest BCUT2D eigenvalue weighted by Gasteiger charge is 2.31. The fourth-order valence-corrected chi connectivity index (χ4v) is 2.05. The highest BCUT2D eigenvalue weighted by Crippen LogP contribution is 2.25. The molecule has 0 fully saturated rings. The Labute approximate surface area is 116 Å². The minimum Gasteiger partial charge on any atom is -0.406 e. The SMILES string of the molecule is CCCCC(CC)C(=O)c1cccc(OC(F)(F)F)c1. The molecular formula is C15H19F3O2. The molecule has 0 heterocycles. The minimum atomic E-state index is -4.74. The fourth-order valence-electron chi connectivity index (χ4n) is 2.05. The summed E-state index contributed by atoms with van der Waals surface area (Å²) in [5, 5.41) is 0. The van der Waals surface area contributed by atoms with Gasteiger partial charge >= 0.3 is 6.36 Å². The van der Waals surface area contributed by atoms with Crippen molar-refractivity contribution in [2.24, 2.45) is 5.92 Å². The third-order valence-corrected chi connectivity index (χ3v) is 3.12. The van der Waals surface area contributed by atoms with Crippen LogP contribution in [0.4, 0.5) is 13.2 Å². The predicted molar refractivity (Wildman–Crippen MR) is 70.8 cm³/mol. The molecule has 1 rings (SSSR count). The van der Waals surface area contributed by atoms with Gasteiger partial charge in [0.2, 0.25) is 0 Å². The molecule has 0 saturated heterocycles. The quantitative estimate of drug-likeness (QED) is 0.661. The predicted octanol–water partition coefficient (Wildman–Crippen LogP) is 4.98. The molecule has 2 nitrogen and oxygen atoms in total. The zero-order chi connectivity index (χ0) is 15.2. The van der Waals surface area contributed by atoms with E-state index >= 15 is 0 Å². The van der Waals surface area contributed by atoms with E-state index in [4.69, 9.17) is 0 Å². The van der Waals surface area contributed by atoms with E-state index < -0.39 is 6.36 Å². The molecule has 1 aromatic carbocycles. The Morgan fingerprint density at radius 2 is 2.00 bits per heavy atom. The number of Topliss-reactive ketones (excluding diaryl/α,β-unsaturated/α-hetero) is 1. The number of carbonyl (C=O) groups is 1. The van der Waals surface area contributed by atoms with Gasteiger partial charge in [-0.3, -0.25) is 4.79 Å². The molecule has 1 atom stereocenters. The van der Waals surface area contributed by atoms with Crippen LogP contribution in [0, 0.1) is 5.92 Å². The average Bonchev–Trinajstić information content (AvgIpc) is 2.37. The first-order chi connectivity index (χ1) is 9.37. The molecule has 1 aromatic rings. The molecule has 0 aliphatic carbocycles. The van der Waals surface area contributed by atoms with Crippen LogP contribution in [0.2, 0.25) is 0 Å². The number of hydrogen-bond donors (Lipinski definition) is 0. The van der Waals surface area contributed by atoms with Crippen LogP contribution in [0.5, 0.6) is 5.75 Å². The van der Waals surface area contributed by atoms with Crippen LogP contribution in [0.15, 0.2) is 24.3 Å². The van der Waals surface area contributed by atoms with E-state index in [0.29, 0.717) is 6.42 Å². The van der Waals surface area contributed by atoms with Crippen molar-refractivity contribution in [2.75, 3.05) is 0 Å². The van der Waals surface area contributed by atoms with Crippen LogP contribution in [-0.4, -0.2) is 12.1 Å². The maximum absolute atomic E-state index is 12.3. The number of carbonyl (C=O) groups excluding carboxylic acids is 1. The number of halogens is 3. The van der Waals surface area contributed by atoms with Crippen molar-refractivity contribution in [3.8, 4) is 5.75 Å². The second kappa shape index (κ2) is 7.31.